The number of hydrogen-bond donors (Lipinski definition) is 1. The van der Waals surface area contributed by atoms with Crippen molar-refractivity contribution in [2.24, 2.45) is 0 Å². The average Bonchev–Trinajstić information content (AvgIpc) is 3.06. The van der Waals surface area contributed by atoms with Crippen molar-refractivity contribution < 1.29 is 9.72 Å². The number of nitro groups is 1. The van der Waals surface area contributed by atoms with Crippen LogP contribution in [0.2, 0.25) is 10.0 Å². The molecule has 6 nitrogen and oxygen atoms in total. The number of rotatable bonds is 5. The molecule has 1 unspecified atom stereocenters. The summed E-state index contributed by atoms with van der Waals surface area (Å²) in [6.45, 7) is 0. The topological polar surface area (TPSA) is 75.5 Å². The lowest BCUT2D eigenvalue weighted by molar-refractivity contribution is -0.384. The molecule has 1 heterocycles. The Kier molecular flexibility index (Phi) is 5.44. The predicted molar refractivity (Wildman–Crippen MR) is 118 cm³/mol. The molecule has 1 aliphatic rings. The third kappa shape index (κ3) is 4.01. The molecule has 0 aromatic heterocycles. The van der Waals surface area contributed by atoms with E-state index in [-0.39, 0.29) is 11.6 Å². The molecule has 3 aromatic carbocycles. The fourth-order valence-electron chi connectivity index (χ4n) is 3.29. The maximum Gasteiger partial charge on any atom is 0.275 e. The van der Waals surface area contributed by atoms with Crippen molar-refractivity contribution in [2.75, 3.05) is 10.2 Å². The molecule has 1 aliphatic heterocycles. The Bertz CT molecular complexity index is 1150. The smallest absolute Gasteiger partial charge is 0.275 e. The zero-order valence-electron chi connectivity index (χ0n) is 15.5. The van der Waals surface area contributed by atoms with Crippen molar-refractivity contribution in [3.8, 4) is 0 Å². The Balaban J connectivity index is 1.75. The number of nitrogens with one attached hydrogen (secondary N) is 1. The summed E-state index contributed by atoms with van der Waals surface area (Å²) in [6, 6.07) is 19.6. The summed E-state index contributed by atoms with van der Waals surface area (Å²) in [5.74, 6) is -0.260. The molecule has 150 valence electrons. The molecule has 1 N–H and O–H groups in total. The van der Waals surface area contributed by atoms with Crippen molar-refractivity contribution in [3.05, 3.63) is 110 Å². The van der Waals surface area contributed by atoms with E-state index in [9.17, 15) is 14.9 Å². The molecule has 3 aromatic rings. The fourth-order valence-corrected chi connectivity index (χ4v) is 3.54. The number of hydrogen-bond acceptors (Lipinski definition) is 4. The lowest BCUT2D eigenvalue weighted by Crippen LogP contribution is -2.30. The van der Waals surface area contributed by atoms with E-state index in [2.05, 4.69) is 5.32 Å². The summed E-state index contributed by atoms with van der Waals surface area (Å²) in [4.78, 5) is 25.6. The summed E-state index contributed by atoms with van der Waals surface area (Å²) in [5.41, 5.74) is 2.28. The molecular formula is C22H15Cl2N3O3. The first kappa shape index (κ1) is 19.9. The lowest BCUT2D eigenvalue weighted by atomic mass is 10.1. The number of nitro benzene ring substituents is 1. The maximum atomic E-state index is 13.3. The van der Waals surface area contributed by atoms with Gasteiger partial charge in [-0.15, -0.1) is 0 Å². The van der Waals surface area contributed by atoms with E-state index in [0.29, 0.717) is 32.7 Å². The molecular weight excluding hydrogens is 425 g/mol. The van der Waals surface area contributed by atoms with Gasteiger partial charge in [0.15, 0.2) is 0 Å². The largest absolute Gasteiger partial charge is 0.351 e. The first-order valence-electron chi connectivity index (χ1n) is 9.00. The molecule has 0 bridgehead atoms. The monoisotopic (exact) mass is 439 g/mol. The SMILES string of the molecule is O=C1C(Nc2ccc(Cl)cc2)=CC(c2cccc([N+](=O)[O-])c2)N1c1ccc(Cl)cc1. The van der Waals surface area contributed by atoms with Crippen molar-refractivity contribution >= 4 is 46.2 Å². The fraction of sp³-hybridized carbons (Fsp3) is 0.0455. The van der Waals surface area contributed by atoms with Crippen molar-refractivity contribution in [1.29, 1.82) is 0 Å². The van der Waals surface area contributed by atoms with Crippen LogP contribution in [0.1, 0.15) is 11.6 Å². The lowest BCUT2D eigenvalue weighted by Gasteiger charge is -2.25. The van der Waals surface area contributed by atoms with E-state index < -0.39 is 11.0 Å². The van der Waals surface area contributed by atoms with Crippen LogP contribution in [0.4, 0.5) is 17.1 Å². The van der Waals surface area contributed by atoms with E-state index in [0.717, 1.165) is 0 Å². The van der Waals surface area contributed by atoms with Gasteiger partial charge in [0, 0.05) is 33.6 Å². The van der Waals surface area contributed by atoms with Gasteiger partial charge in [-0.2, -0.15) is 0 Å². The van der Waals surface area contributed by atoms with Crippen LogP contribution in [0.15, 0.2) is 84.6 Å². The number of carbonyl (C=O) groups excluding carboxylic acids is 1. The molecule has 30 heavy (non-hydrogen) atoms. The average molecular weight is 440 g/mol. The van der Waals surface area contributed by atoms with Gasteiger partial charge < -0.3 is 5.32 Å². The molecule has 1 amide bonds. The van der Waals surface area contributed by atoms with Crippen LogP contribution in [0.3, 0.4) is 0 Å². The summed E-state index contributed by atoms with van der Waals surface area (Å²) in [7, 11) is 0. The molecule has 0 saturated heterocycles. The number of halogens is 2. The van der Waals surface area contributed by atoms with Gasteiger partial charge >= 0.3 is 0 Å². The Morgan fingerprint density at radius 3 is 2.20 bits per heavy atom. The van der Waals surface area contributed by atoms with Crippen LogP contribution >= 0.6 is 23.2 Å². The van der Waals surface area contributed by atoms with Crippen molar-refractivity contribution in [3.63, 3.8) is 0 Å². The second-order valence-electron chi connectivity index (χ2n) is 6.66. The van der Waals surface area contributed by atoms with Crippen molar-refractivity contribution in [1.82, 2.24) is 0 Å². The van der Waals surface area contributed by atoms with Crippen LogP contribution in [0.25, 0.3) is 0 Å². The third-order valence-corrected chi connectivity index (χ3v) is 5.21. The zero-order chi connectivity index (χ0) is 21.3. The highest BCUT2D eigenvalue weighted by Crippen LogP contribution is 2.37. The molecule has 0 saturated carbocycles. The first-order valence-corrected chi connectivity index (χ1v) is 9.76. The number of non-ortho nitro benzene ring substituents is 1. The number of carbonyl (C=O) groups is 1. The van der Waals surface area contributed by atoms with E-state index in [1.807, 2.05) is 0 Å². The summed E-state index contributed by atoms with van der Waals surface area (Å²) < 4.78 is 0. The Labute approximate surface area is 182 Å². The highest BCUT2D eigenvalue weighted by Gasteiger charge is 2.35. The maximum absolute atomic E-state index is 13.3. The minimum Gasteiger partial charge on any atom is -0.351 e. The Morgan fingerprint density at radius 2 is 1.57 bits per heavy atom. The number of benzene rings is 3. The number of nitrogens with zero attached hydrogens (tertiary/aromatic N) is 2. The molecule has 8 heteroatoms. The Hall–Kier alpha value is -3.35. The summed E-state index contributed by atoms with van der Waals surface area (Å²) in [5, 5.41) is 15.5. The van der Waals surface area contributed by atoms with Gasteiger partial charge in [-0.05, 0) is 60.2 Å². The quantitative estimate of drug-likeness (QED) is 0.391. The van der Waals surface area contributed by atoms with E-state index in [1.165, 1.54) is 12.1 Å². The van der Waals surface area contributed by atoms with Gasteiger partial charge in [0.25, 0.3) is 11.6 Å². The van der Waals surface area contributed by atoms with Crippen LogP contribution in [-0.2, 0) is 4.79 Å². The van der Waals surface area contributed by atoms with Crippen LogP contribution < -0.4 is 10.2 Å². The van der Waals surface area contributed by atoms with Gasteiger partial charge in [-0.25, -0.2) is 0 Å². The molecule has 0 aliphatic carbocycles. The molecule has 0 radical (unpaired) electrons. The second kappa shape index (κ2) is 8.18. The summed E-state index contributed by atoms with van der Waals surface area (Å²) >= 11 is 11.9. The second-order valence-corrected chi connectivity index (χ2v) is 7.53. The minimum atomic E-state index is -0.520. The van der Waals surface area contributed by atoms with Crippen LogP contribution in [0, 0.1) is 10.1 Å². The third-order valence-electron chi connectivity index (χ3n) is 4.70. The van der Waals surface area contributed by atoms with Gasteiger partial charge in [0.1, 0.15) is 5.70 Å². The molecule has 4 rings (SSSR count). The van der Waals surface area contributed by atoms with Gasteiger partial charge in [0.05, 0.1) is 11.0 Å². The molecule has 0 spiro atoms. The number of anilines is 2. The number of amides is 1. The van der Waals surface area contributed by atoms with Crippen LogP contribution in [-0.4, -0.2) is 10.8 Å². The van der Waals surface area contributed by atoms with Crippen molar-refractivity contribution in [2.45, 2.75) is 6.04 Å². The predicted octanol–water partition coefficient (Wildman–Crippen LogP) is 5.99. The van der Waals surface area contributed by atoms with Gasteiger partial charge in [0.2, 0.25) is 0 Å². The van der Waals surface area contributed by atoms with Gasteiger partial charge in [-0.3, -0.25) is 19.8 Å². The van der Waals surface area contributed by atoms with Gasteiger partial charge in [-0.1, -0.05) is 35.3 Å². The first-order chi connectivity index (χ1) is 14.4. The molecule has 1 atom stereocenters. The molecule has 0 fully saturated rings. The Morgan fingerprint density at radius 1 is 0.933 bits per heavy atom. The highest BCUT2D eigenvalue weighted by atomic mass is 35.5. The van der Waals surface area contributed by atoms with E-state index in [4.69, 9.17) is 23.2 Å². The minimum absolute atomic E-state index is 0.0384. The van der Waals surface area contributed by atoms with Crippen LogP contribution in [0.5, 0.6) is 0 Å². The zero-order valence-corrected chi connectivity index (χ0v) is 17.0. The van der Waals surface area contributed by atoms with E-state index >= 15 is 0 Å². The summed E-state index contributed by atoms with van der Waals surface area (Å²) in [6.07, 6.45) is 1.75. The highest BCUT2D eigenvalue weighted by molar-refractivity contribution is 6.31. The normalized spacial score (nSPS) is 15.8. The standard InChI is InChI=1S/C22H15Cl2N3O3/c23-15-4-8-17(9-5-15)25-20-13-21(14-2-1-3-19(12-14)27(29)30)26(22(20)28)18-10-6-16(24)7-11-18/h1-13,21,25H. The van der Waals surface area contributed by atoms with E-state index in [1.54, 1.807) is 71.6 Å².